The predicted octanol–water partition coefficient (Wildman–Crippen LogP) is 2.34. The Labute approximate surface area is 120 Å². The van der Waals surface area contributed by atoms with E-state index in [-0.39, 0.29) is 12.5 Å². The van der Waals surface area contributed by atoms with E-state index < -0.39 is 0 Å². The summed E-state index contributed by atoms with van der Waals surface area (Å²) in [4.78, 5) is 16.0. The zero-order valence-electron chi connectivity index (χ0n) is 12.0. The van der Waals surface area contributed by atoms with E-state index in [4.69, 9.17) is 4.74 Å². The van der Waals surface area contributed by atoms with Crippen molar-refractivity contribution in [2.45, 2.75) is 45.1 Å². The van der Waals surface area contributed by atoms with Crippen LogP contribution in [-0.4, -0.2) is 30.1 Å². The molecule has 5 heteroatoms. The van der Waals surface area contributed by atoms with Gasteiger partial charge in [0.15, 0.2) is 0 Å². The third kappa shape index (κ3) is 4.72. The molecule has 1 amide bonds. The molecule has 0 spiro atoms. The Balaban J connectivity index is 1.72. The molecule has 110 valence electrons. The van der Waals surface area contributed by atoms with Crippen LogP contribution in [0, 0.1) is 0 Å². The van der Waals surface area contributed by atoms with Gasteiger partial charge in [0.25, 0.3) is 0 Å². The molecule has 0 atom stereocenters. The summed E-state index contributed by atoms with van der Waals surface area (Å²) in [6, 6.07) is 4.02. The van der Waals surface area contributed by atoms with E-state index in [0.29, 0.717) is 18.5 Å². The van der Waals surface area contributed by atoms with Gasteiger partial charge < -0.3 is 15.4 Å². The Morgan fingerprint density at radius 2 is 2.15 bits per heavy atom. The lowest BCUT2D eigenvalue weighted by Gasteiger charge is -2.22. The van der Waals surface area contributed by atoms with Crippen LogP contribution in [0.1, 0.15) is 39.0 Å². The van der Waals surface area contributed by atoms with Crippen LogP contribution in [0.5, 0.6) is 5.88 Å². The summed E-state index contributed by atoms with van der Waals surface area (Å²) in [5, 5.41) is 6.15. The number of amides is 1. The van der Waals surface area contributed by atoms with Gasteiger partial charge in [-0.2, -0.15) is 0 Å². The summed E-state index contributed by atoms with van der Waals surface area (Å²) in [6.07, 6.45) is 7.64. The molecule has 1 heterocycles. The first kappa shape index (κ1) is 14.6. The lowest BCUT2D eigenvalue weighted by Crippen LogP contribution is -2.39. The number of nitrogens with one attached hydrogen (secondary N) is 2. The van der Waals surface area contributed by atoms with Crippen LogP contribution < -0.4 is 15.4 Å². The van der Waals surface area contributed by atoms with E-state index in [1.807, 2.05) is 13.0 Å². The second-order valence-corrected chi connectivity index (χ2v) is 5.07. The monoisotopic (exact) mass is 277 g/mol. The number of hydrogen-bond acceptors (Lipinski definition) is 4. The van der Waals surface area contributed by atoms with Crippen molar-refractivity contribution < 1.29 is 9.53 Å². The molecule has 0 bridgehead atoms. The first-order valence-corrected chi connectivity index (χ1v) is 7.40. The molecule has 2 rings (SSSR count). The first-order chi connectivity index (χ1) is 9.78. The summed E-state index contributed by atoms with van der Waals surface area (Å²) in [5.74, 6) is 0.649. The number of hydrogen-bond donors (Lipinski definition) is 2. The average Bonchev–Trinajstić information content (AvgIpc) is 2.48. The fourth-order valence-electron chi connectivity index (χ4n) is 2.43. The van der Waals surface area contributed by atoms with E-state index in [1.165, 1.54) is 19.3 Å². The van der Waals surface area contributed by atoms with E-state index >= 15 is 0 Å². The van der Waals surface area contributed by atoms with Crippen molar-refractivity contribution in [3.63, 3.8) is 0 Å². The van der Waals surface area contributed by atoms with E-state index in [0.717, 1.165) is 18.5 Å². The third-order valence-corrected chi connectivity index (χ3v) is 3.45. The largest absolute Gasteiger partial charge is 0.478 e. The quantitative estimate of drug-likeness (QED) is 0.837. The number of aromatic nitrogens is 1. The molecule has 5 nitrogen and oxygen atoms in total. The van der Waals surface area contributed by atoms with Gasteiger partial charge in [-0.05, 0) is 25.8 Å². The maximum Gasteiger partial charge on any atom is 0.239 e. The van der Waals surface area contributed by atoms with Gasteiger partial charge in [0, 0.05) is 12.1 Å². The lowest BCUT2D eigenvalue weighted by molar-refractivity contribution is -0.120. The first-order valence-electron chi connectivity index (χ1n) is 7.40. The summed E-state index contributed by atoms with van der Waals surface area (Å²) in [6.45, 7) is 2.80. The Hall–Kier alpha value is -1.78. The van der Waals surface area contributed by atoms with Gasteiger partial charge in [0.2, 0.25) is 11.8 Å². The van der Waals surface area contributed by atoms with Gasteiger partial charge in [0.1, 0.15) is 0 Å². The van der Waals surface area contributed by atoms with Crippen molar-refractivity contribution in [1.29, 1.82) is 0 Å². The molecule has 1 fully saturated rings. The highest BCUT2D eigenvalue weighted by molar-refractivity contribution is 5.80. The van der Waals surface area contributed by atoms with Gasteiger partial charge in [-0.1, -0.05) is 19.3 Å². The molecule has 1 aromatic heterocycles. The topological polar surface area (TPSA) is 63.2 Å². The smallest absolute Gasteiger partial charge is 0.239 e. The van der Waals surface area contributed by atoms with Gasteiger partial charge in [0.05, 0.1) is 25.0 Å². The summed E-state index contributed by atoms with van der Waals surface area (Å²) < 4.78 is 5.27. The number of rotatable bonds is 6. The molecule has 1 aliphatic carbocycles. The highest BCUT2D eigenvalue weighted by atomic mass is 16.5. The Bertz CT molecular complexity index is 414. The van der Waals surface area contributed by atoms with Crippen LogP contribution in [0.4, 0.5) is 5.69 Å². The summed E-state index contributed by atoms with van der Waals surface area (Å²) in [5.41, 5.74) is 0.826. The Morgan fingerprint density at radius 3 is 2.80 bits per heavy atom. The molecule has 20 heavy (non-hydrogen) atoms. The minimum atomic E-state index is 0.0470. The van der Waals surface area contributed by atoms with Crippen molar-refractivity contribution >= 4 is 11.6 Å². The number of nitrogens with zero attached hydrogens (tertiary/aromatic N) is 1. The number of anilines is 1. The van der Waals surface area contributed by atoms with Crippen LogP contribution in [0.2, 0.25) is 0 Å². The van der Waals surface area contributed by atoms with Gasteiger partial charge in [-0.3, -0.25) is 4.79 Å². The minimum absolute atomic E-state index is 0.0470. The maximum absolute atomic E-state index is 11.8. The van der Waals surface area contributed by atoms with Crippen molar-refractivity contribution in [1.82, 2.24) is 10.3 Å². The highest BCUT2D eigenvalue weighted by Crippen LogP contribution is 2.17. The van der Waals surface area contributed by atoms with Gasteiger partial charge >= 0.3 is 0 Å². The summed E-state index contributed by atoms with van der Waals surface area (Å²) in [7, 11) is 0. The number of carbonyl (C=O) groups is 1. The van der Waals surface area contributed by atoms with Crippen molar-refractivity contribution in [2.75, 3.05) is 18.5 Å². The summed E-state index contributed by atoms with van der Waals surface area (Å²) >= 11 is 0. The molecule has 0 unspecified atom stereocenters. The molecule has 2 N–H and O–H groups in total. The van der Waals surface area contributed by atoms with Gasteiger partial charge in [-0.25, -0.2) is 4.98 Å². The highest BCUT2D eigenvalue weighted by Gasteiger charge is 2.15. The fourth-order valence-corrected chi connectivity index (χ4v) is 2.43. The molecule has 0 saturated heterocycles. The number of pyridine rings is 1. The number of ether oxygens (including phenoxy) is 1. The van der Waals surface area contributed by atoms with E-state index in [1.54, 1.807) is 12.3 Å². The average molecular weight is 277 g/mol. The molecular weight excluding hydrogens is 254 g/mol. The molecule has 1 aromatic rings. The zero-order chi connectivity index (χ0) is 14.2. The molecule has 1 saturated carbocycles. The van der Waals surface area contributed by atoms with Crippen LogP contribution in [0.15, 0.2) is 18.3 Å². The molecule has 0 radical (unpaired) electrons. The van der Waals surface area contributed by atoms with Gasteiger partial charge in [-0.15, -0.1) is 0 Å². The van der Waals surface area contributed by atoms with Crippen LogP contribution in [-0.2, 0) is 4.79 Å². The Morgan fingerprint density at radius 1 is 1.35 bits per heavy atom. The SMILES string of the molecule is CCOc1ccc(NCC(=O)NC2CCCCC2)cn1. The molecule has 0 aromatic carbocycles. The minimum Gasteiger partial charge on any atom is -0.478 e. The van der Waals surface area contributed by atoms with Crippen molar-refractivity contribution in [3.05, 3.63) is 18.3 Å². The number of carbonyl (C=O) groups excluding carboxylic acids is 1. The molecule has 0 aliphatic heterocycles. The van der Waals surface area contributed by atoms with Crippen LogP contribution in [0.25, 0.3) is 0 Å². The van der Waals surface area contributed by atoms with E-state index in [2.05, 4.69) is 15.6 Å². The lowest BCUT2D eigenvalue weighted by atomic mass is 9.95. The Kier molecular flexibility index (Phi) is 5.65. The predicted molar refractivity (Wildman–Crippen MR) is 78.9 cm³/mol. The van der Waals surface area contributed by atoms with Crippen molar-refractivity contribution in [3.8, 4) is 5.88 Å². The second kappa shape index (κ2) is 7.72. The third-order valence-electron chi connectivity index (χ3n) is 3.45. The normalized spacial score (nSPS) is 15.7. The maximum atomic E-state index is 11.8. The standard InChI is InChI=1S/C15H23N3O2/c1-2-20-15-9-8-13(10-17-15)16-11-14(19)18-12-6-4-3-5-7-12/h8-10,12,16H,2-7,11H2,1H3,(H,18,19). The zero-order valence-corrected chi connectivity index (χ0v) is 12.0. The fraction of sp³-hybridized carbons (Fsp3) is 0.600. The van der Waals surface area contributed by atoms with Crippen LogP contribution >= 0.6 is 0 Å². The van der Waals surface area contributed by atoms with E-state index in [9.17, 15) is 4.79 Å². The van der Waals surface area contributed by atoms with Crippen LogP contribution in [0.3, 0.4) is 0 Å². The molecule has 1 aliphatic rings. The molecular formula is C15H23N3O2. The second-order valence-electron chi connectivity index (χ2n) is 5.07. The van der Waals surface area contributed by atoms with Crippen molar-refractivity contribution in [2.24, 2.45) is 0 Å².